The molecule has 2 aliphatic rings. The second kappa shape index (κ2) is 12.1. The Morgan fingerprint density at radius 2 is 1.27 bits per heavy atom. The average Bonchev–Trinajstić information content (AvgIpc) is 3.66. The van der Waals surface area contributed by atoms with Crippen LogP contribution in [0.1, 0.15) is 42.0 Å². The second-order valence-corrected chi connectivity index (χ2v) is 13.0. The van der Waals surface area contributed by atoms with Gasteiger partial charge in [-0.3, -0.25) is 0 Å². The minimum absolute atomic E-state index is 0.560. The molecular formula is C46H31N3O2. The van der Waals surface area contributed by atoms with Crippen LogP contribution in [0.4, 0.5) is 0 Å². The number of hydrogen-bond acceptors (Lipinski definition) is 5. The van der Waals surface area contributed by atoms with Crippen LogP contribution in [0, 0.1) is 0 Å². The first kappa shape index (κ1) is 29.3. The van der Waals surface area contributed by atoms with Crippen molar-refractivity contribution in [2.24, 2.45) is 0 Å². The van der Waals surface area contributed by atoms with E-state index in [1.165, 1.54) is 22.3 Å². The van der Waals surface area contributed by atoms with Crippen molar-refractivity contribution < 1.29 is 8.83 Å². The minimum Gasteiger partial charge on any atom is -0.456 e. The standard InChI is InChI=1S/C46H31N3O2/c1-3-13-29(14-4-1)30-15-11-16-31(27-30)33-17-7-8-20-38(33)45-47-44(32-25-26-36-34-18-5-2-6-23-40(34)50-42(36)28-32)48-46(49-45)39-22-12-21-37-35-19-9-10-24-41(35)51-43(37)39/h1,3-6,8-16,18-28H,2,7,17H2. The molecule has 0 bridgehead atoms. The van der Waals surface area contributed by atoms with Crippen LogP contribution < -0.4 is 0 Å². The molecule has 0 fully saturated rings. The van der Waals surface area contributed by atoms with Crippen LogP contribution >= 0.6 is 0 Å². The van der Waals surface area contributed by atoms with Gasteiger partial charge < -0.3 is 8.83 Å². The third-order valence-corrected chi connectivity index (χ3v) is 9.85. The number of rotatable bonds is 5. The Kier molecular flexibility index (Phi) is 6.95. The summed E-state index contributed by atoms with van der Waals surface area (Å²) in [4.78, 5) is 15.6. The van der Waals surface area contributed by atoms with E-state index in [-0.39, 0.29) is 0 Å². The molecule has 10 rings (SSSR count). The van der Waals surface area contributed by atoms with Gasteiger partial charge in [0.15, 0.2) is 17.5 Å². The van der Waals surface area contributed by atoms with Crippen molar-refractivity contribution in [3.8, 4) is 33.9 Å². The lowest BCUT2D eigenvalue weighted by atomic mass is 9.89. The van der Waals surface area contributed by atoms with Crippen LogP contribution in [-0.4, -0.2) is 15.0 Å². The highest BCUT2D eigenvalue weighted by Gasteiger charge is 2.22. The fraction of sp³-hybridized carbons (Fsp3) is 0.0652. The van der Waals surface area contributed by atoms with Crippen LogP contribution in [0.25, 0.3) is 90.1 Å². The molecule has 5 nitrogen and oxygen atoms in total. The van der Waals surface area contributed by atoms with Crippen molar-refractivity contribution in [1.29, 1.82) is 0 Å². The zero-order chi connectivity index (χ0) is 33.7. The van der Waals surface area contributed by atoms with Crippen molar-refractivity contribution in [1.82, 2.24) is 15.0 Å². The maximum absolute atomic E-state index is 6.47. The van der Waals surface area contributed by atoms with Gasteiger partial charge in [0.05, 0.1) is 5.56 Å². The summed E-state index contributed by atoms with van der Waals surface area (Å²) in [5, 5.41) is 3.16. The third-order valence-electron chi connectivity index (χ3n) is 9.85. The largest absolute Gasteiger partial charge is 0.456 e. The molecular weight excluding hydrogens is 627 g/mol. The van der Waals surface area contributed by atoms with Gasteiger partial charge in [0.2, 0.25) is 0 Å². The number of benzene rings is 5. The van der Waals surface area contributed by atoms with Gasteiger partial charge in [-0.15, -0.1) is 0 Å². The van der Waals surface area contributed by atoms with Crippen LogP contribution in [0.3, 0.4) is 0 Å². The Hall–Kier alpha value is -6.59. The summed E-state index contributed by atoms with van der Waals surface area (Å²) < 4.78 is 12.8. The van der Waals surface area contributed by atoms with E-state index in [4.69, 9.17) is 23.8 Å². The zero-order valence-corrected chi connectivity index (χ0v) is 27.7. The molecule has 0 spiro atoms. The van der Waals surface area contributed by atoms with Crippen molar-refractivity contribution in [3.05, 3.63) is 162 Å². The summed E-state index contributed by atoms with van der Waals surface area (Å²) in [6.07, 6.45) is 15.6. The topological polar surface area (TPSA) is 65.0 Å². The Morgan fingerprint density at radius 3 is 2.24 bits per heavy atom. The van der Waals surface area contributed by atoms with Gasteiger partial charge in [0, 0.05) is 32.9 Å². The number of hydrogen-bond donors (Lipinski definition) is 0. The third kappa shape index (κ3) is 5.13. The van der Waals surface area contributed by atoms with Crippen molar-refractivity contribution >= 4 is 56.2 Å². The average molecular weight is 658 g/mol. The molecule has 8 aromatic rings. The van der Waals surface area contributed by atoms with Crippen molar-refractivity contribution in [2.45, 2.75) is 19.3 Å². The van der Waals surface area contributed by atoms with Crippen molar-refractivity contribution in [2.75, 3.05) is 0 Å². The number of fused-ring (bicyclic) bond motifs is 6. The molecule has 0 amide bonds. The first-order chi connectivity index (χ1) is 25.3. The predicted molar refractivity (Wildman–Crippen MR) is 207 cm³/mol. The number of allylic oxidation sites excluding steroid dienone is 6. The number of furan rings is 2. The number of nitrogens with zero attached hydrogens (tertiary/aromatic N) is 3. The monoisotopic (exact) mass is 657 g/mol. The van der Waals surface area contributed by atoms with E-state index in [9.17, 15) is 0 Å². The maximum atomic E-state index is 6.47. The zero-order valence-electron chi connectivity index (χ0n) is 27.7. The summed E-state index contributed by atoms with van der Waals surface area (Å²) in [5.74, 6) is 2.63. The Bertz CT molecular complexity index is 2780. The van der Waals surface area contributed by atoms with Crippen LogP contribution in [0.15, 0.2) is 148 Å². The fourth-order valence-corrected chi connectivity index (χ4v) is 7.37. The Morgan fingerprint density at radius 1 is 0.490 bits per heavy atom. The molecule has 5 heteroatoms. The molecule has 0 aliphatic heterocycles. The van der Waals surface area contributed by atoms with E-state index < -0.39 is 0 Å². The lowest BCUT2D eigenvalue weighted by Gasteiger charge is -2.18. The van der Waals surface area contributed by atoms with Gasteiger partial charge in [-0.05, 0) is 77.9 Å². The van der Waals surface area contributed by atoms with Gasteiger partial charge in [0.1, 0.15) is 22.5 Å². The first-order valence-corrected chi connectivity index (χ1v) is 17.4. The Balaban J connectivity index is 1.19. The minimum atomic E-state index is 0.560. The highest BCUT2D eigenvalue weighted by atomic mass is 16.3. The molecule has 0 saturated heterocycles. The van der Waals surface area contributed by atoms with Crippen LogP contribution in [0.2, 0.25) is 0 Å². The highest BCUT2D eigenvalue weighted by Crippen LogP contribution is 2.39. The molecule has 3 aromatic heterocycles. The molecule has 0 unspecified atom stereocenters. The van der Waals surface area contributed by atoms with E-state index in [1.54, 1.807) is 0 Å². The van der Waals surface area contributed by atoms with Gasteiger partial charge in [-0.1, -0.05) is 115 Å². The summed E-state index contributed by atoms with van der Waals surface area (Å²) in [6, 6.07) is 39.8. The molecule has 2 aliphatic carbocycles. The van der Waals surface area contributed by atoms with E-state index in [2.05, 4.69) is 115 Å². The highest BCUT2D eigenvalue weighted by molar-refractivity contribution is 6.09. The van der Waals surface area contributed by atoms with Gasteiger partial charge in [0.25, 0.3) is 0 Å². The van der Waals surface area contributed by atoms with E-state index in [0.29, 0.717) is 17.5 Å². The van der Waals surface area contributed by atoms with Gasteiger partial charge >= 0.3 is 0 Å². The SMILES string of the molecule is C1=Cc2oc3cc(-c4nc(C5=C(c6cccc(-c7ccccc7)c6)CCC=C5)nc(-c5cccc6c5oc5ccccc56)n4)ccc3c2C=CC1. The van der Waals surface area contributed by atoms with Gasteiger partial charge in [-0.25, -0.2) is 15.0 Å². The molecule has 0 saturated carbocycles. The lowest BCUT2D eigenvalue weighted by Crippen LogP contribution is -2.05. The van der Waals surface area contributed by atoms with E-state index >= 15 is 0 Å². The van der Waals surface area contributed by atoms with Gasteiger partial charge in [-0.2, -0.15) is 0 Å². The lowest BCUT2D eigenvalue weighted by molar-refractivity contribution is 0.603. The summed E-state index contributed by atoms with van der Waals surface area (Å²) in [7, 11) is 0. The first-order valence-electron chi connectivity index (χ1n) is 17.4. The van der Waals surface area contributed by atoms with Crippen LogP contribution in [-0.2, 0) is 0 Å². The van der Waals surface area contributed by atoms with Crippen molar-refractivity contribution in [3.63, 3.8) is 0 Å². The molecule has 51 heavy (non-hydrogen) atoms. The van der Waals surface area contributed by atoms with E-state index in [1.807, 2.05) is 36.4 Å². The molecule has 242 valence electrons. The second-order valence-electron chi connectivity index (χ2n) is 13.0. The summed E-state index contributed by atoms with van der Waals surface area (Å²) >= 11 is 0. The quantitative estimate of drug-likeness (QED) is 0.184. The molecule has 0 radical (unpaired) electrons. The molecule has 5 aromatic carbocycles. The smallest absolute Gasteiger partial charge is 0.167 e. The van der Waals surface area contributed by atoms with Crippen LogP contribution in [0.5, 0.6) is 0 Å². The van der Waals surface area contributed by atoms with E-state index in [0.717, 1.165) is 80.2 Å². The number of aromatic nitrogens is 3. The summed E-state index contributed by atoms with van der Waals surface area (Å²) in [5.41, 5.74) is 10.9. The summed E-state index contributed by atoms with van der Waals surface area (Å²) in [6.45, 7) is 0. The molecule has 0 N–H and O–H groups in total. The molecule has 3 heterocycles. The predicted octanol–water partition coefficient (Wildman–Crippen LogP) is 12.2. The fourth-order valence-electron chi connectivity index (χ4n) is 7.37. The maximum Gasteiger partial charge on any atom is 0.167 e. The Labute approximate surface area is 294 Å². The number of para-hydroxylation sites is 2. The normalized spacial score (nSPS) is 14.1. The molecule has 0 atom stereocenters.